The molecule has 0 aliphatic carbocycles. The van der Waals surface area contributed by atoms with Gasteiger partial charge in [-0.15, -0.1) is 6.42 Å². The van der Waals surface area contributed by atoms with Gasteiger partial charge in [0, 0.05) is 12.1 Å². The molecule has 4 heteroatoms. The number of halogens is 2. The first-order chi connectivity index (χ1) is 6.72. The van der Waals surface area contributed by atoms with Crippen LogP contribution in [-0.2, 0) is 6.54 Å². The standard InChI is InChI=1S/C10H6F2N2/c1-2-3-14-6-13-9-4-7(11)8(12)5-10(9)14/h1,4-6H,3H2. The van der Waals surface area contributed by atoms with Crippen LogP contribution in [0.1, 0.15) is 0 Å². The number of terminal acetylenes is 1. The molecule has 0 spiro atoms. The summed E-state index contributed by atoms with van der Waals surface area (Å²) in [5.41, 5.74) is 0.904. The first-order valence-electron chi connectivity index (χ1n) is 3.95. The zero-order valence-corrected chi connectivity index (χ0v) is 7.17. The highest BCUT2D eigenvalue weighted by molar-refractivity contribution is 5.75. The summed E-state index contributed by atoms with van der Waals surface area (Å²) < 4.78 is 27.2. The number of aromatic nitrogens is 2. The van der Waals surface area contributed by atoms with Crippen molar-refractivity contribution in [2.75, 3.05) is 0 Å². The van der Waals surface area contributed by atoms with Gasteiger partial charge in [0.1, 0.15) is 0 Å². The molecular weight excluding hydrogens is 186 g/mol. The van der Waals surface area contributed by atoms with Crippen molar-refractivity contribution in [2.24, 2.45) is 0 Å². The molecule has 70 valence electrons. The molecule has 1 aromatic carbocycles. The van der Waals surface area contributed by atoms with E-state index in [2.05, 4.69) is 10.9 Å². The van der Waals surface area contributed by atoms with Gasteiger partial charge in [0.15, 0.2) is 11.6 Å². The van der Waals surface area contributed by atoms with Crippen molar-refractivity contribution in [1.29, 1.82) is 0 Å². The fourth-order valence-corrected chi connectivity index (χ4v) is 1.28. The number of benzene rings is 1. The van der Waals surface area contributed by atoms with Crippen molar-refractivity contribution in [3.8, 4) is 12.3 Å². The van der Waals surface area contributed by atoms with E-state index in [1.807, 2.05) is 0 Å². The van der Waals surface area contributed by atoms with E-state index in [1.54, 1.807) is 4.57 Å². The van der Waals surface area contributed by atoms with Crippen LogP contribution in [0.5, 0.6) is 0 Å². The van der Waals surface area contributed by atoms with Gasteiger partial charge in [-0.05, 0) is 0 Å². The molecule has 0 aliphatic rings. The fourth-order valence-electron chi connectivity index (χ4n) is 1.28. The van der Waals surface area contributed by atoms with E-state index < -0.39 is 11.6 Å². The SMILES string of the molecule is C#CCn1cnc2cc(F)c(F)cc21. The summed E-state index contributed by atoms with van der Waals surface area (Å²) in [4.78, 5) is 3.90. The molecule has 1 heterocycles. The maximum absolute atomic E-state index is 12.9. The van der Waals surface area contributed by atoms with E-state index in [0.717, 1.165) is 12.1 Å². The van der Waals surface area contributed by atoms with Crippen LogP contribution < -0.4 is 0 Å². The summed E-state index contributed by atoms with van der Waals surface area (Å²) in [6.45, 7) is 0.293. The third-order valence-corrected chi connectivity index (χ3v) is 1.92. The highest BCUT2D eigenvalue weighted by atomic mass is 19.2. The van der Waals surface area contributed by atoms with E-state index in [0.29, 0.717) is 17.6 Å². The fraction of sp³-hybridized carbons (Fsp3) is 0.100. The van der Waals surface area contributed by atoms with Gasteiger partial charge in [0.05, 0.1) is 23.9 Å². The molecule has 0 atom stereocenters. The van der Waals surface area contributed by atoms with Gasteiger partial charge >= 0.3 is 0 Å². The zero-order valence-electron chi connectivity index (χ0n) is 7.17. The topological polar surface area (TPSA) is 17.8 Å². The lowest BCUT2D eigenvalue weighted by molar-refractivity contribution is 0.510. The Labute approximate surface area is 79.2 Å². The average molecular weight is 192 g/mol. The lowest BCUT2D eigenvalue weighted by atomic mass is 10.3. The number of hydrogen-bond acceptors (Lipinski definition) is 1. The molecule has 0 saturated heterocycles. The Morgan fingerprint density at radius 2 is 2.07 bits per heavy atom. The van der Waals surface area contributed by atoms with Crippen molar-refractivity contribution in [1.82, 2.24) is 9.55 Å². The van der Waals surface area contributed by atoms with Crippen LogP contribution in [-0.4, -0.2) is 9.55 Å². The minimum atomic E-state index is -0.900. The maximum Gasteiger partial charge on any atom is 0.161 e. The van der Waals surface area contributed by atoms with Crippen molar-refractivity contribution in [3.05, 3.63) is 30.1 Å². The first kappa shape index (κ1) is 8.70. The normalized spacial score (nSPS) is 10.4. The third-order valence-electron chi connectivity index (χ3n) is 1.92. The molecule has 0 radical (unpaired) electrons. The minimum Gasteiger partial charge on any atom is -0.319 e. The molecule has 0 fully saturated rings. The van der Waals surface area contributed by atoms with E-state index in [1.165, 1.54) is 6.33 Å². The van der Waals surface area contributed by atoms with E-state index in [4.69, 9.17) is 6.42 Å². The number of hydrogen-bond donors (Lipinski definition) is 0. The largest absolute Gasteiger partial charge is 0.319 e. The molecule has 1 aromatic heterocycles. The van der Waals surface area contributed by atoms with E-state index >= 15 is 0 Å². The first-order valence-corrected chi connectivity index (χ1v) is 3.95. The maximum atomic E-state index is 12.9. The average Bonchev–Trinajstić information content (AvgIpc) is 2.51. The van der Waals surface area contributed by atoms with Crippen LogP contribution >= 0.6 is 0 Å². The monoisotopic (exact) mass is 192 g/mol. The molecule has 0 saturated carbocycles. The van der Waals surface area contributed by atoms with Crippen molar-refractivity contribution >= 4 is 11.0 Å². The Kier molecular flexibility index (Phi) is 1.93. The van der Waals surface area contributed by atoms with Crippen molar-refractivity contribution < 1.29 is 8.78 Å². The number of nitrogens with zero attached hydrogens (tertiary/aromatic N) is 2. The summed E-state index contributed by atoms with van der Waals surface area (Å²) >= 11 is 0. The van der Waals surface area contributed by atoms with Crippen LogP contribution in [0.4, 0.5) is 8.78 Å². The van der Waals surface area contributed by atoms with Crippen LogP contribution in [0.15, 0.2) is 18.5 Å². The van der Waals surface area contributed by atoms with Gasteiger partial charge in [0.25, 0.3) is 0 Å². The Balaban J connectivity index is 2.69. The van der Waals surface area contributed by atoms with Gasteiger partial charge in [-0.3, -0.25) is 0 Å². The lowest BCUT2D eigenvalue weighted by Gasteiger charge is -1.98. The molecule has 2 rings (SSSR count). The number of imidazole rings is 1. The van der Waals surface area contributed by atoms with E-state index in [9.17, 15) is 8.78 Å². The Morgan fingerprint density at radius 1 is 1.36 bits per heavy atom. The van der Waals surface area contributed by atoms with Crippen molar-refractivity contribution in [3.63, 3.8) is 0 Å². The molecule has 0 bridgehead atoms. The van der Waals surface area contributed by atoms with Gasteiger partial charge < -0.3 is 4.57 Å². The smallest absolute Gasteiger partial charge is 0.161 e. The molecule has 0 amide bonds. The molecule has 14 heavy (non-hydrogen) atoms. The Hall–Kier alpha value is -1.89. The second kappa shape index (κ2) is 3.11. The van der Waals surface area contributed by atoms with Gasteiger partial charge in [-0.1, -0.05) is 5.92 Å². The summed E-state index contributed by atoms with van der Waals surface area (Å²) in [7, 11) is 0. The van der Waals surface area contributed by atoms with Crippen LogP contribution in [0.3, 0.4) is 0 Å². The molecule has 0 unspecified atom stereocenters. The summed E-state index contributed by atoms with van der Waals surface area (Å²) in [6.07, 6.45) is 6.57. The van der Waals surface area contributed by atoms with Crippen LogP contribution in [0.2, 0.25) is 0 Å². The molecule has 2 nitrogen and oxygen atoms in total. The van der Waals surface area contributed by atoms with Crippen molar-refractivity contribution in [2.45, 2.75) is 6.54 Å². The summed E-state index contributed by atoms with van der Waals surface area (Å²) in [5.74, 6) is 0.611. The van der Waals surface area contributed by atoms with Crippen LogP contribution in [0, 0.1) is 24.0 Å². The second-order valence-electron chi connectivity index (χ2n) is 2.83. The molecule has 0 aliphatic heterocycles. The van der Waals surface area contributed by atoms with Gasteiger partial charge in [0.2, 0.25) is 0 Å². The predicted molar refractivity (Wildman–Crippen MR) is 48.5 cm³/mol. The molecule has 0 N–H and O–H groups in total. The zero-order chi connectivity index (χ0) is 10.1. The summed E-state index contributed by atoms with van der Waals surface area (Å²) in [6, 6.07) is 2.15. The Bertz CT molecular complexity index is 523. The quantitative estimate of drug-likeness (QED) is 0.631. The minimum absolute atomic E-state index is 0.293. The summed E-state index contributed by atoms with van der Waals surface area (Å²) in [5, 5.41) is 0. The van der Waals surface area contributed by atoms with E-state index in [-0.39, 0.29) is 0 Å². The predicted octanol–water partition coefficient (Wildman–Crippen LogP) is 1.95. The highest BCUT2D eigenvalue weighted by Crippen LogP contribution is 2.16. The van der Waals surface area contributed by atoms with Gasteiger partial charge in [-0.2, -0.15) is 0 Å². The van der Waals surface area contributed by atoms with Gasteiger partial charge in [-0.25, -0.2) is 13.8 Å². The number of fused-ring (bicyclic) bond motifs is 1. The molecule has 2 aromatic rings. The lowest BCUT2D eigenvalue weighted by Crippen LogP contribution is -1.93. The second-order valence-corrected chi connectivity index (χ2v) is 2.83. The Morgan fingerprint density at radius 3 is 2.79 bits per heavy atom. The highest BCUT2D eigenvalue weighted by Gasteiger charge is 2.07. The third kappa shape index (κ3) is 1.23. The number of rotatable bonds is 1. The van der Waals surface area contributed by atoms with Crippen LogP contribution in [0.25, 0.3) is 11.0 Å². The molecular formula is C10H6F2N2.